The molecule has 1 saturated carbocycles. The van der Waals surface area contributed by atoms with Crippen molar-refractivity contribution >= 4 is 10.8 Å². The summed E-state index contributed by atoms with van der Waals surface area (Å²) in [5, 5.41) is 11.9. The van der Waals surface area contributed by atoms with E-state index in [-0.39, 0.29) is 6.61 Å². The molecular formula is C17H21NO. The van der Waals surface area contributed by atoms with Gasteiger partial charge in [-0.05, 0) is 29.2 Å². The molecule has 2 nitrogen and oxygen atoms in total. The lowest BCUT2D eigenvalue weighted by atomic mass is 9.91. The Morgan fingerprint density at radius 3 is 2.58 bits per heavy atom. The molecule has 1 aliphatic carbocycles. The summed E-state index contributed by atoms with van der Waals surface area (Å²) in [4.78, 5) is 2.44. The van der Waals surface area contributed by atoms with Crippen LogP contribution in [0.3, 0.4) is 0 Å². The highest BCUT2D eigenvalue weighted by Gasteiger charge is 2.24. The molecule has 1 fully saturated rings. The predicted octanol–water partition coefficient (Wildman–Crippen LogP) is 3.19. The van der Waals surface area contributed by atoms with E-state index in [1.54, 1.807) is 0 Å². The van der Waals surface area contributed by atoms with Crippen LogP contribution in [0, 0.1) is 0 Å². The molecule has 1 N–H and O–H groups in total. The topological polar surface area (TPSA) is 23.5 Å². The van der Waals surface area contributed by atoms with Crippen LogP contribution in [0.4, 0.5) is 0 Å². The van der Waals surface area contributed by atoms with E-state index in [0.717, 1.165) is 13.1 Å². The molecule has 19 heavy (non-hydrogen) atoms. The second kappa shape index (κ2) is 5.72. The summed E-state index contributed by atoms with van der Waals surface area (Å²) in [6, 6.07) is 15.7. The number of nitrogens with zero attached hydrogens (tertiary/aromatic N) is 1. The quantitative estimate of drug-likeness (QED) is 0.887. The fraction of sp³-hybridized carbons (Fsp3) is 0.412. The zero-order valence-electron chi connectivity index (χ0n) is 11.3. The molecule has 3 rings (SSSR count). The molecular weight excluding hydrogens is 234 g/mol. The molecule has 0 unspecified atom stereocenters. The number of fused-ring (bicyclic) bond motifs is 1. The molecule has 0 saturated heterocycles. The fourth-order valence-corrected chi connectivity index (χ4v) is 2.92. The Labute approximate surface area is 114 Å². The van der Waals surface area contributed by atoms with E-state index in [2.05, 4.69) is 47.4 Å². The van der Waals surface area contributed by atoms with E-state index in [1.807, 2.05) is 0 Å². The van der Waals surface area contributed by atoms with Crippen molar-refractivity contribution < 1.29 is 5.11 Å². The van der Waals surface area contributed by atoms with E-state index < -0.39 is 0 Å². The van der Waals surface area contributed by atoms with Crippen LogP contribution < -0.4 is 0 Å². The van der Waals surface area contributed by atoms with E-state index >= 15 is 0 Å². The van der Waals surface area contributed by atoms with Crippen LogP contribution in [0.5, 0.6) is 0 Å². The molecule has 0 bridgehead atoms. The number of aliphatic hydroxyl groups excluding tert-OH is 1. The standard InChI is InChI=1S/C17H21NO/c19-12-11-18(16-8-4-9-16)13-15-7-3-6-14-5-1-2-10-17(14)15/h1-3,5-7,10,16,19H,4,8-9,11-13H2. The van der Waals surface area contributed by atoms with Crippen LogP contribution >= 0.6 is 0 Å². The smallest absolute Gasteiger partial charge is 0.0558 e. The first-order valence-electron chi connectivity index (χ1n) is 7.20. The minimum atomic E-state index is 0.251. The SMILES string of the molecule is OCCN(Cc1cccc2ccccc12)C1CCC1. The summed E-state index contributed by atoms with van der Waals surface area (Å²) in [7, 11) is 0. The van der Waals surface area contributed by atoms with Gasteiger partial charge in [-0.2, -0.15) is 0 Å². The maximum atomic E-state index is 9.25. The lowest BCUT2D eigenvalue weighted by Gasteiger charge is -2.37. The predicted molar refractivity (Wildman–Crippen MR) is 79.1 cm³/mol. The third-order valence-corrected chi connectivity index (χ3v) is 4.23. The molecule has 100 valence electrons. The highest BCUT2D eigenvalue weighted by Crippen LogP contribution is 2.27. The van der Waals surface area contributed by atoms with E-state index in [0.29, 0.717) is 6.04 Å². The number of hydrogen-bond acceptors (Lipinski definition) is 2. The number of hydrogen-bond donors (Lipinski definition) is 1. The first kappa shape index (κ1) is 12.6. The van der Waals surface area contributed by atoms with Gasteiger partial charge in [-0.25, -0.2) is 0 Å². The number of aliphatic hydroxyl groups is 1. The molecule has 0 spiro atoms. The van der Waals surface area contributed by atoms with Gasteiger partial charge in [-0.15, -0.1) is 0 Å². The van der Waals surface area contributed by atoms with Gasteiger partial charge in [0.15, 0.2) is 0 Å². The van der Waals surface area contributed by atoms with Crippen molar-refractivity contribution in [3.05, 3.63) is 48.0 Å². The normalized spacial score (nSPS) is 15.9. The average Bonchev–Trinajstić information content (AvgIpc) is 2.37. The molecule has 2 aromatic rings. The van der Waals surface area contributed by atoms with Crippen molar-refractivity contribution in [2.45, 2.75) is 31.8 Å². The van der Waals surface area contributed by atoms with Gasteiger partial charge >= 0.3 is 0 Å². The first-order chi connectivity index (χ1) is 9.38. The minimum Gasteiger partial charge on any atom is -0.395 e. The van der Waals surface area contributed by atoms with Gasteiger partial charge in [-0.3, -0.25) is 4.90 Å². The Bertz CT molecular complexity index is 542. The van der Waals surface area contributed by atoms with E-state index in [1.165, 1.54) is 35.6 Å². The summed E-state index contributed by atoms with van der Waals surface area (Å²) in [6.45, 7) is 1.99. The average molecular weight is 255 g/mol. The summed E-state index contributed by atoms with van der Waals surface area (Å²) in [5.74, 6) is 0. The second-order valence-electron chi connectivity index (χ2n) is 5.42. The third-order valence-electron chi connectivity index (χ3n) is 4.23. The van der Waals surface area contributed by atoms with Gasteiger partial charge < -0.3 is 5.11 Å². The highest BCUT2D eigenvalue weighted by atomic mass is 16.3. The third kappa shape index (κ3) is 2.65. The van der Waals surface area contributed by atoms with Gasteiger partial charge in [0.25, 0.3) is 0 Å². The maximum absolute atomic E-state index is 9.25. The van der Waals surface area contributed by atoms with Gasteiger partial charge in [0.05, 0.1) is 6.61 Å². The zero-order chi connectivity index (χ0) is 13.1. The summed E-state index contributed by atoms with van der Waals surface area (Å²) >= 11 is 0. The van der Waals surface area contributed by atoms with Gasteiger partial charge in [0, 0.05) is 19.1 Å². The van der Waals surface area contributed by atoms with Crippen LogP contribution in [-0.2, 0) is 6.54 Å². The molecule has 1 aliphatic rings. The molecule has 0 heterocycles. The Kier molecular flexibility index (Phi) is 3.81. The van der Waals surface area contributed by atoms with Crippen LogP contribution in [0.1, 0.15) is 24.8 Å². The maximum Gasteiger partial charge on any atom is 0.0558 e. The van der Waals surface area contributed by atoms with Crippen LogP contribution in [0.2, 0.25) is 0 Å². The van der Waals surface area contributed by atoms with Crippen LogP contribution in [0.15, 0.2) is 42.5 Å². The van der Waals surface area contributed by atoms with Crippen LogP contribution in [0.25, 0.3) is 10.8 Å². The fourth-order valence-electron chi connectivity index (χ4n) is 2.92. The molecule has 0 radical (unpaired) electrons. The minimum absolute atomic E-state index is 0.251. The highest BCUT2D eigenvalue weighted by molar-refractivity contribution is 5.85. The van der Waals surface area contributed by atoms with Crippen molar-refractivity contribution in [1.29, 1.82) is 0 Å². The van der Waals surface area contributed by atoms with Gasteiger partial charge in [0.1, 0.15) is 0 Å². The molecule has 0 atom stereocenters. The summed E-state index contributed by atoms with van der Waals surface area (Å²) in [5.41, 5.74) is 1.37. The summed E-state index contributed by atoms with van der Waals surface area (Å²) < 4.78 is 0. The van der Waals surface area contributed by atoms with Crippen molar-refractivity contribution in [3.63, 3.8) is 0 Å². The van der Waals surface area contributed by atoms with Gasteiger partial charge in [-0.1, -0.05) is 48.9 Å². The van der Waals surface area contributed by atoms with E-state index in [4.69, 9.17) is 0 Å². The molecule has 0 aliphatic heterocycles. The second-order valence-corrected chi connectivity index (χ2v) is 5.42. The van der Waals surface area contributed by atoms with Crippen molar-refractivity contribution in [1.82, 2.24) is 4.90 Å². The molecule has 2 heteroatoms. The van der Waals surface area contributed by atoms with Crippen molar-refractivity contribution in [3.8, 4) is 0 Å². The summed E-state index contributed by atoms with van der Waals surface area (Å²) in [6.07, 6.45) is 3.90. The molecule has 2 aromatic carbocycles. The molecule has 0 aromatic heterocycles. The Morgan fingerprint density at radius 1 is 1.05 bits per heavy atom. The van der Waals surface area contributed by atoms with Crippen molar-refractivity contribution in [2.75, 3.05) is 13.2 Å². The Balaban J connectivity index is 1.86. The monoisotopic (exact) mass is 255 g/mol. The Morgan fingerprint density at radius 2 is 1.84 bits per heavy atom. The number of benzene rings is 2. The number of rotatable bonds is 5. The lowest BCUT2D eigenvalue weighted by Crippen LogP contribution is -2.41. The zero-order valence-corrected chi connectivity index (χ0v) is 11.3. The van der Waals surface area contributed by atoms with Crippen LogP contribution in [-0.4, -0.2) is 29.2 Å². The van der Waals surface area contributed by atoms with Crippen molar-refractivity contribution in [2.24, 2.45) is 0 Å². The Hall–Kier alpha value is -1.38. The largest absolute Gasteiger partial charge is 0.395 e. The molecule has 0 amide bonds. The van der Waals surface area contributed by atoms with Gasteiger partial charge in [0.2, 0.25) is 0 Å². The lowest BCUT2D eigenvalue weighted by molar-refractivity contribution is 0.0949. The van der Waals surface area contributed by atoms with E-state index in [9.17, 15) is 5.11 Å². The first-order valence-corrected chi connectivity index (χ1v) is 7.20.